The number of guanidine groups is 1. The number of rotatable bonds is 1. The maximum absolute atomic E-state index is 12.0. The SMILES string of the molecule is CC1OC(n2c3c(sc2=O)C(O)NC(N)=N3)C[C@@H]1O. The first-order valence-electron chi connectivity index (χ1n) is 5.85. The van der Waals surface area contributed by atoms with Gasteiger partial charge < -0.3 is 26.0 Å². The molecule has 2 aliphatic rings. The Morgan fingerprint density at radius 2 is 2.32 bits per heavy atom. The van der Waals surface area contributed by atoms with Crippen molar-refractivity contribution < 1.29 is 14.9 Å². The molecule has 0 amide bonds. The maximum Gasteiger partial charge on any atom is 0.311 e. The van der Waals surface area contributed by atoms with Crippen LogP contribution in [-0.2, 0) is 4.74 Å². The van der Waals surface area contributed by atoms with E-state index in [2.05, 4.69) is 10.3 Å². The smallest absolute Gasteiger partial charge is 0.311 e. The summed E-state index contributed by atoms with van der Waals surface area (Å²) in [6, 6.07) is 0. The van der Waals surface area contributed by atoms with E-state index in [0.717, 1.165) is 11.3 Å². The number of fused-ring (bicyclic) bond motifs is 1. The molecule has 19 heavy (non-hydrogen) atoms. The molecule has 1 aromatic rings. The van der Waals surface area contributed by atoms with Crippen LogP contribution in [0.2, 0.25) is 0 Å². The molecule has 104 valence electrons. The molecule has 3 heterocycles. The molecule has 3 rings (SSSR count). The summed E-state index contributed by atoms with van der Waals surface area (Å²) in [5.41, 5.74) is 5.55. The highest BCUT2D eigenvalue weighted by Crippen LogP contribution is 2.36. The van der Waals surface area contributed by atoms with Crippen LogP contribution in [0, 0.1) is 0 Å². The summed E-state index contributed by atoms with van der Waals surface area (Å²) in [5.74, 6) is 0.336. The second-order valence-corrected chi connectivity index (χ2v) is 5.56. The molecule has 5 N–H and O–H groups in total. The highest BCUT2D eigenvalue weighted by molar-refractivity contribution is 7.09. The Labute approximate surface area is 112 Å². The summed E-state index contributed by atoms with van der Waals surface area (Å²) in [5, 5.41) is 22.1. The van der Waals surface area contributed by atoms with Crippen LogP contribution in [0.15, 0.2) is 9.79 Å². The molecule has 0 saturated carbocycles. The minimum atomic E-state index is -1.05. The molecule has 8 nitrogen and oxygen atoms in total. The summed E-state index contributed by atoms with van der Waals surface area (Å²) in [4.78, 5) is 16.2. The maximum atomic E-state index is 12.0. The van der Waals surface area contributed by atoms with E-state index in [9.17, 15) is 15.0 Å². The van der Waals surface area contributed by atoms with Crippen LogP contribution in [0.25, 0.3) is 0 Å². The molecule has 4 atom stereocenters. The van der Waals surface area contributed by atoms with Gasteiger partial charge >= 0.3 is 4.87 Å². The Balaban J connectivity index is 2.07. The van der Waals surface area contributed by atoms with Gasteiger partial charge in [-0.1, -0.05) is 11.3 Å². The summed E-state index contributed by atoms with van der Waals surface area (Å²) in [6.07, 6.45) is -2.29. The third-order valence-electron chi connectivity index (χ3n) is 3.25. The Hall–Kier alpha value is -1.42. The van der Waals surface area contributed by atoms with Crippen LogP contribution in [0.5, 0.6) is 0 Å². The summed E-state index contributed by atoms with van der Waals surface area (Å²) in [6.45, 7) is 1.74. The second kappa shape index (κ2) is 4.30. The van der Waals surface area contributed by atoms with E-state index in [-0.39, 0.29) is 16.9 Å². The standard InChI is InChI=1S/C10H14N4O4S/c1-3-4(15)2-5(18-3)14-7-6(19-10(14)17)8(16)13-9(11)12-7/h3-5,8,15-16H,2H2,1H3,(H3,11,12,13)/t3?,4-,5?,8?/m0/s1. The molecule has 0 aromatic carbocycles. The normalized spacial score (nSPS) is 33.7. The lowest BCUT2D eigenvalue weighted by molar-refractivity contribution is -0.00814. The first-order chi connectivity index (χ1) is 8.97. The van der Waals surface area contributed by atoms with Gasteiger partial charge in [0, 0.05) is 6.42 Å². The van der Waals surface area contributed by atoms with Gasteiger partial charge in [-0.05, 0) is 6.92 Å². The van der Waals surface area contributed by atoms with Crippen molar-refractivity contribution in [2.75, 3.05) is 0 Å². The lowest BCUT2D eigenvalue weighted by Gasteiger charge is -2.20. The Morgan fingerprint density at radius 1 is 1.58 bits per heavy atom. The zero-order valence-corrected chi connectivity index (χ0v) is 10.9. The average Bonchev–Trinajstić information content (AvgIpc) is 2.80. The number of nitrogens with one attached hydrogen (secondary N) is 1. The van der Waals surface area contributed by atoms with Crippen LogP contribution in [0.4, 0.5) is 5.82 Å². The van der Waals surface area contributed by atoms with Gasteiger partial charge in [0.1, 0.15) is 11.1 Å². The van der Waals surface area contributed by atoms with Gasteiger partial charge in [0.15, 0.2) is 18.0 Å². The van der Waals surface area contributed by atoms with Crippen molar-refractivity contribution >= 4 is 23.1 Å². The van der Waals surface area contributed by atoms with E-state index in [1.54, 1.807) is 6.92 Å². The Kier molecular flexibility index (Phi) is 2.86. The number of aliphatic hydroxyl groups excluding tert-OH is 2. The largest absolute Gasteiger partial charge is 0.390 e. The molecule has 0 bridgehead atoms. The molecule has 0 spiro atoms. The van der Waals surface area contributed by atoms with Crippen molar-refractivity contribution in [3.05, 3.63) is 14.5 Å². The molecule has 3 unspecified atom stereocenters. The van der Waals surface area contributed by atoms with E-state index < -0.39 is 18.6 Å². The molecule has 0 radical (unpaired) electrons. The Morgan fingerprint density at radius 3 is 2.95 bits per heavy atom. The van der Waals surface area contributed by atoms with Crippen LogP contribution in [-0.4, -0.2) is 32.9 Å². The number of thiazole rings is 1. The molecular formula is C10H14N4O4S. The van der Waals surface area contributed by atoms with E-state index in [4.69, 9.17) is 10.5 Å². The van der Waals surface area contributed by atoms with Gasteiger partial charge in [0.25, 0.3) is 0 Å². The molecule has 2 aliphatic heterocycles. The molecule has 1 saturated heterocycles. The van der Waals surface area contributed by atoms with Gasteiger partial charge in [0.2, 0.25) is 0 Å². The zero-order chi connectivity index (χ0) is 13.7. The highest BCUT2D eigenvalue weighted by atomic mass is 32.1. The molecule has 9 heteroatoms. The van der Waals surface area contributed by atoms with Crippen LogP contribution in [0.1, 0.15) is 30.7 Å². The number of aliphatic hydroxyl groups is 2. The monoisotopic (exact) mass is 286 g/mol. The number of ether oxygens (including phenoxy) is 1. The van der Waals surface area contributed by atoms with Crippen LogP contribution >= 0.6 is 11.3 Å². The van der Waals surface area contributed by atoms with Crippen molar-refractivity contribution in [3.8, 4) is 0 Å². The van der Waals surface area contributed by atoms with Gasteiger partial charge in [0.05, 0.1) is 12.2 Å². The zero-order valence-electron chi connectivity index (χ0n) is 10.1. The van der Waals surface area contributed by atoms with E-state index in [1.807, 2.05) is 0 Å². The van der Waals surface area contributed by atoms with Gasteiger partial charge in [-0.2, -0.15) is 4.99 Å². The van der Waals surface area contributed by atoms with Crippen molar-refractivity contribution in [2.45, 2.75) is 38.0 Å². The number of aromatic nitrogens is 1. The molecule has 1 fully saturated rings. The summed E-state index contributed by atoms with van der Waals surface area (Å²) in [7, 11) is 0. The van der Waals surface area contributed by atoms with Crippen molar-refractivity contribution in [3.63, 3.8) is 0 Å². The van der Waals surface area contributed by atoms with E-state index >= 15 is 0 Å². The first kappa shape index (κ1) is 12.6. The van der Waals surface area contributed by atoms with E-state index in [0.29, 0.717) is 17.1 Å². The third-order valence-corrected chi connectivity index (χ3v) is 4.24. The predicted octanol–water partition coefficient (Wildman–Crippen LogP) is -0.882. The van der Waals surface area contributed by atoms with Crippen LogP contribution < -0.4 is 15.9 Å². The first-order valence-corrected chi connectivity index (χ1v) is 6.66. The lowest BCUT2D eigenvalue weighted by Crippen LogP contribution is -2.37. The molecular weight excluding hydrogens is 272 g/mol. The summed E-state index contributed by atoms with van der Waals surface area (Å²) < 4.78 is 6.88. The number of nitrogens with zero attached hydrogens (tertiary/aromatic N) is 2. The number of hydrogen-bond donors (Lipinski definition) is 4. The van der Waals surface area contributed by atoms with Crippen molar-refractivity contribution in [1.82, 2.24) is 9.88 Å². The third kappa shape index (κ3) is 1.94. The molecule has 0 aliphatic carbocycles. The fraction of sp³-hybridized carbons (Fsp3) is 0.600. The van der Waals surface area contributed by atoms with Crippen molar-refractivity contribution in [2.24, 2.45) is 10.7 Å². The average molecular weight is 286 g/mol. The van der Waals surface area contributed by atoms with Gasteiger partial charge in [-0.15, -0.1) is 0 Å². The minimum Gasteiger partial charge on any atom is -0.390 e. The number of aliphatic imine (C=N–C) groups is 1. The quantitative estimate of drug-likeness (QED) is 0.532. The van der Waals surface area contributed by atoms with Crippen LogP contribution in [0.3, 0.4) is 0 Å². The molecule has 1 aromatic heterocycles. The topological polar surface area (TPSA) is 122 Å². The highest BCUT2D eigenvalue weighted by Gasteiger charge is 2.36. The van der Waals surface area contributed by atoms with Crippen molar-refractivity contribution in [1.29, 1.82) is 0 Å². The fourth-order valence-corrected chi connectivity index (χ4v) is 3.14. The predicted molar refractivity (Wildman–Crippen MR) is 68.2 cm³/mol. The lowest BCUT2D eigenvalue weighted by atomic mass is 10.2. The van der Waals surface area contributed by atoms with Gasteiger partial charge in [-0.25, -0.2) is 0 Å². The number of hydrogen-bond acceptors (Lipinski definition) is 8. The number of nitrogens with two attached hydrogens (primary N) is 1. The fourth-order valence-electron chi connectivity index (χ4n) is 2.25. The second-order valence-electron chi connectivity index (χ2n) is 4.57. The minimum absolute atomic E-state index is 0.0399. The summed E-state index contributed by atoms with van der Waals surface area (Å²) >= 11 is 0.887. The van der Waals surface area contributed by atoms with Gasteiger partial charge in [-0.3, -0.25) is 9.36 Å². The Bertz CT molecular complexity index is 585. The van der Waals surface area contributed by atoms with E-state index in [1.165, 1.54) is 4.57 Å².